The van der Waals surface area contributed by atoms with Gasteiger partial charge in [0.15, 0.2) is 0 Å². The first-order valence-corrected chi connectivity index (χ1v) is 9.21. The second-order valence-corrected chi connectivity index (χ2v) is 8.24. The minimum atomic E-state index is 0.320. The molecule has 0 heterocycles. The molecule has 2 aliphatic carbocycles. The molecule has 2 aliphatic rings. The Bertz CT molecular complexity index is 637. The number of hydrogen-bond donors (Lipinski definition) is 0. The van der Waals surface area contributed by atoms with E-state index >= 15 is 0 Å². The minimum absolute atomic E-state index is 0.320. The highest BCUT2D eigenvalue weighted by atomic mass is 15.4. The topological polar surface area (TPSA) is 15.6 Å². The molecule has 2 rings (SSSR count). The molecule has 0 unspecified atom stereocenters. The van der Waals surface area contributed by atoms with Crippen molar-refractivity contribution in [1.82, 2.24) is 5.01 Å². The molecule has 0 saturated heterocycles. The summed E-state index contributed by atoms with van der Waals surface area (Å²) in [5, 5.41) is 6.32. The fraction of sp³-hybridized carbons (Fsp3) is 0.591. The SMILES string of the molecule is CC1=CC(=C/C(C)=N/N(C)C)/CC/C1=C\C1=C(C)CCCC1(C)C. The third-order valence-corrected chi connectivity index (χ3v) is 5.20. The zero-order chi connectivity index (χ0) is 17.9. The number of hydrogen-bond acceptors (Lipinski definition) is 2. The van der Waals surface area contributed by atoms with E-state index in [9.17, 15) is 0 Å². The molecule has 2 heteroatoms. The zero-order valence-corrected chi connectivity index (χ0v) is 16.7. The van der Waals surface area contributed by atoms with Crippen molar-refractivity contribution in [2.24, 2.45) is 10.5 Å². The van der Waals surface area contributed by atoms with E-state index in [2.05, 4.69) is 57.9 Å². The molecule has 0 aromatic heterocycles. The highest BCUT2D eigenvalue weighted by molar-refractivity contribution is 5.93. The van der Waals surface area contributed by atoms with Crippen molar-refractivity contribution in [3.8, 4) is 0 Å². The van der Waals surface area contributed by atoms with Crippen LogP contribution in [0.1, 0.15) is 66.7 Å². The third kappa shape index (κ3) is 4.72. The van der Waals surface area contributed by atoms with Crippen molar-refractivity contribution in [2.45, 2.75) is 66.7 Å². The Morgan fingerprint density at radius 3 is 2.46 bits per heavy atom. The summed E-state index contributed by atoms with van der Waals surface area (Å²) in [5.74, 6) is 0. The van der Waals surface area contributed by atoms with Crippen molar-refractivity contribution in [3.63, 3.8) is 0 Å². The quantitative estimate of drug-likeness (QED) is 0.456. The van der Waals surface area contributed by atoms with E-state index in [0.717, 1.165) is 18.6 Å². The Kier molecular flexibility index (Phi) is 5.90. The van der Waals surface area contributed by atoms with Crippen LogP contribution in [-0.2, 0) is 0 Å². The molecule has 0 atom stereocenters. The van der Waals surface area contributed by atoms with Crippen LogP contribution in [0.15, 0.2) is 51.2 Å². The molecule has 0 fully saturated rings. The first-order chi connectivity index (χ1) is 11.2. The summed E-state index contributed by atoms with van der Waals surface area (Å²) >= 11 is 0. The van der Waals surface area contributed by atoms with E-state index in [1.54, 1.807) is 11.1 Å². The van der Waals surface area contributed by atoms with Gasteiger partial charge in [0.1, 0.15) is 0 Å². The highest BCUT2D eigenvalue weighted by Crippen LogP contribution is 2.42. The van der Waals surface area contributed by atoms with Gasteiger partial charge in [0, 0.05) is 14.1 Å². The van der Waals surface area contributed by atoms with Gasteiger partial charge in [-0.05, 0) is 86.7 Å². The van der Waals surface area contributed by atoms with Gasteiger partial charge in [-0.1, -0.05) is 31.6 Å². The Hall–Kier alpha value is -1.57. The van der Waals surface area contributed by atoms with Gasteiger partial charge in [-0.2, -0.15) is 5.10 Å². The van der Waals surface area contributed by atoms with E-state index in [1.807, 2.05) is 19.1 Å². The standard InChI is InChI=1S/C22H34N2/c1-16-9-8-12-22(4,5)21(16)15-20-11-10-19(13-17(20)2)14-18(3)23-24(6)7/h13-15H,8-12H2,1-7H3/b19-14+,20-15+,23-18+. The van der Waals surface area contributed by atoms with Gasteiger partial charge in [-0.3, -0.25) is 0 Å². The Labute approximate surface area is 148 Å². The highest BCUT2D eigenvalue weighted by Gasteiger charge is 2.27. The first kappa shape index (κ1) is 18.8. The molecule has 0 aliphatic heterocycles. The van der Waals surface area contributed by atoms with Crippen molar-refractivity contribution in [2.75, 3.05) is 14.1 Å². The van der Waals surface area contributed by atoms with Crippen molar-refractivity contribution in [1.29, 1.82) is 0 Å². The lowest BCUT2D eigenvalue weighted by molar-refractivity contribution is 0.376. The van der Waals surface area contributed by atoms with Gasteiger partial charge >= 0.3 is 0 Å². The maximum atomic E-state index is 4.46. The second-order valence-electron chi connectivity index (χ2n) is 8.24. The largest absolute Gasteiger partial charge is 0.303 e. The molecule has 24 heavy (non-hydrogen) atoms. The van der Waals surface area contributed by atoms with Gasteiger partial charge in [-0.25, -0.2) is 0 Å². The lowest BCUT2D eigenvalue weighted by Crippen LogP contribution is -2.19. The predicted molar refractivity (Wildman–Crippen MR) is 106 cm³/mol. The lowest BCUT2D eigenvalue weighted by atomic mass is 9.71. The van der Waals surface area contributed by atoms with E-state index in [0.29, 0.717) is 5.41 Å². The summed E-state index contributed by atoms with van der Waals surface area (Å²) in [6, 6.07) is 0. The Balaban J connectivity index is 2.27. The number of hydrazone groups is 1. The summed E-state index contributed by atoms with van der Waals surface area (Å²) in [7, 11) is 3.93. The maximum absolute atomic E-state index is 4.46. The molecule has 132 valence electrons. The molecule has 0 aromatic carbocycles. The second kappa shape index (κ2) is 7.55. The predicted octanol–water partition coefficient (Wildman–Crippen LogP) is 6.04. The van der Waals surface area contributed by atoms with Gasteiger partial charge in [0.05, 0.1) is 5.71 Å². The van der Waals surface area contributed by atoms with E-state index in [-0.39, 0.29) is 0 Å². The van der Waals surface area contributed by atoms with Crippen LogP contribution in [0, 0.1) is 5.41 Å². The van der Waals surface area contributed by atoms with Gasteiger partial charge in [0.25, 0.3) is 0 Å². The van der Waals surface area contributed by atoms with Crippen LogP contribution < -0.4 is 0 Å². The zero-order valence-electron chi connectivity index (χ0n) is 16.7. The molecule has 0 saturated carbocycles. The fourth-order valence-electron chi connectivity index (χ4n) is 3.97. The van der Waals surface area contributed by atoms with Crippen molar-refractivity contribution < 1.29 is 0 Å². The summed E-state index contributed by atoms with van der Waals surface area (Å²) in [4.78, 5) is 0. The van der Waals surface area contributed by atoms with Gasteiger partial charge in [0.2, 0.25) is 0 Å². The molecular formula is C22H34N2. The number of allylic oxidation sites excluding steroid dienone is 8. The molecular weight excluding hydrogens is 292 g/mol. The molecule has 0 N–H and O–H groups in total. The summed E-state index contributed by atoms with van der Waals surface area (Å²) < 4.78 is 0. The summed E-state index contributed by atoms with van der Waals surface area (Å²) in [5.41, 5.74) is 8.86. The first-order valence-electron chi connectivity index (χ1n) is 9.21. The normalized spacial score (nSPS) is 25.3. The maximum Gasteiger partial charge on any atom is 0.0577 e. The number of nitrogens with zero attached hydrogens (tertiary/aromatic N) is 2. The summed E-state index contributed by atoms with van der Waals surface area (Å²) in [6.45, 7) is 11.4. The Morgan fingerprint density at radius 2 is 1.88 bits per heavy atom. The molecule has 0 spiro atoms. The average molecular weight is 327 g/mol. The van der Waals surface area contributed by atoms with E-state index < -0.39 is 0 Å². The van der Waals surface area contributed by atoms with Crippen LogP contribution in [0.5, 0.6) is 0 Å². The average Bonchev–Trinajstić information content (AvgIpc) is 2.43. The third-order valence-electron chi connectivity index (χ3n) is 5.20. The van der Waals surface area contributed by atoms with Crippen LogP contribution in [0.2, 0.25) is 0 Å². The van der Waals surface area contributed by atoms with Gasteiger partial charge < -0.3 is 5.01 Å². The van der Waals surface area contributed by atoms with Crippen molar-refractivity contribution >= 4 is 5.71 Å². The molecule has 0 aromatic rings. The van der Waals surface area contributed by atoms with Crippen LogP contribution in [-0.4, -0.2) is 24.8 Å². The van der Waals surface area contributed by atoms with E-state index in [1.165, 1.54) is 36.0 Å². The van der Waals surface area contributed by atoms with E-state index in [4.69, 9.17) is 0 Å². The van der Waals surface area contributed by atoms with Gasteiger partial charge in [-0.15, -0.1) is 0 Å². The summed E-state index contributed by atoms with van der Waals surface area (Å²) in [6.07, 6.45) is 13.2. The monoisotopic (exact) mass is 326 g/mol. The lowest BCUT2D eigenvalue weighted by Gasteiger charge is -2.34. The van der Waals surface area contributed by atoms with Crippen LogP contribution >= 0.6 is 0 Å². The molecule has 0 bridgehead atoms. The van der Waals surface area contributed by atoms with Crippen LogP contribution in [0.3, 0.4) is 0 Å². The Morgan fingerprint density at radius 1 is 1.17 bits per heavy atom. The smallest absolute Gasteiger partial charge is 0.0577 e. The van der Waals surface area contributed by atoms with Crippen LogP contribution in [0.25, 0.3) is 0 Å². The fourth-order valence-corrected chi connectivity index (χ4v) is 3.97. The molecule has 2 nitrogen and oxygen atoms in total. The number of rotatable bonds is 3. The minimum Gasteiger partial charge on any atom is -0.303 e. The molecule has 0 radical (unpaired) electrons. The van der Waals surface area contributed by atoms with Crippen molar-refractivity contribution in [3.05, 3.63) is 46.1 Å². The van der Waals surface area contributed by atoms with Crippen LogP contribution in [0.4, 0.5) is 0 Å². The molecule has 0 amide bonds.